The highest BCUT2D eigenvalue weighted by Crippen LogP contribution is 2.23. The zero-order valence-electron chi connectivity index (χ0n) is 21.2. The lowest BCUT2D eigenvalue weighted by Gasteiger charge is -2.39. The SMILES string of the molecule is C[C@@H]1CN(Cc2ccc(F)cc2)CCN1C(=O)C=Cc1ccc(Cl)cc1C(=O)N1CC[C@H](N(C)C)C1. The molecular weight excluding hydrogens is 479 g/mol. The van der Waals surface area contributed by atoms with Gasteiger partial charge in [0, 0.05) is 68.0 Å². The van der Waals surface area contributed by atoms with E-state index in [-0.39, 0.29) is 23.7 Å². The van der Waals surface area contributed by atoms with Crippen LogP contribution in [0.5, 0.6) is 0 Å². The third kappa shape index (κ3) is 6.33. The van der Waals surface area contributed by atoms with E-state index in [1.165, 1.54) is 12.1 Å². The molecule has 0 aromatic heterocycles. The van der Waals surface area contributed by atoms with Crippen LogP contribution in [-0.2, 0) is 11.3 Å². The number of halogens is 2. The maximum absolute atomic E-state index is 13.3. The Hall–Kier alpha value is -2.74. The quantitative estimate of drug-likeness (QED) is 0.549. The first-order valence-corrected chi connectivity index (χ1v) is 12.8. The predicted molar refractivity (Wildman–Crippen MR) is 141 cm³/mol. The summed E-state index contributed by atoms with van der Waals surface area (Å²) in [5.74, 6) is -0.374. The van der Waals surface area contributed by atoms with Crippen LogP contribution in [0, 0.1) is 5.82 Å². The van der Waals surface area contributed by atoms with Crippen molar-refractivity contribution in [3.63, 3.8) is 0 Å². The molecule has 2 heterocycles. The number of rotatable bonds is 6. The molecule has 2 aromatic rings. The first-order chi connectivity index (χ1) is 17.2. The van der Waals surface area contributed by atoms with Crippen LogP contribution < -0.4 is 0 Å². The average molecular weight is 513 g/mol. The third-order valence-corrected chi connectivity index (χ3v) is 7.38. The molecular formula is C28H34ClFN4O2. The Bertz CT molecular complexity index is 1120. The normalized spacial score (nSPS) is 21.1. The van der Waals surface area contributed by atoms with E-state index in [2.05, 4.69) is 9.80 Å². The molecule has 8 heteroatoms. The minimum Gasteiger partial charge on any atom is -0.337 e. The largest absolute Gasteiger partial charge is 0.337 e. The van der Waals surface area contributed by atoms with Gasteiger partial charge in [-0.2, -0.15) is 0 Å². The van der Waals surface area contributed by atoms with Crippen molar-refractivity contribution < 1.29 is 14.0 Å². The first-order valence-electron chi connectivity index (χ1n) is 12.4. The summed E-state index contributed by atoms with van der Waals surface area (Å²) in [6.07, 6.45) is 4.22. The molecule has 2 amide bonds. The number of carbonyl (C=O) groups is 2. The summed E-state index contributed by atoms with van der Waals surface area (Å²) in [7, 11) is 4.06. The molecule has 0 aliphatic carbocycles. The molecule has 192 valence electrons. The zero-order chi connectivity index (χ0) is 25.8. The van der Waals surface area contributed by atoms with Crippen molar-refractivity contribution in [3.05, 3.63) is 76.1 Å². The molecule has 0 unspecified atom stereocenters. The Morgan fingerprint density at radius 3 is 2.50 bits per heavy atom. The Labute approximate surface area is 217 Å². The summed E-state index contributed by atoms with van der Waals surface area (Å²) in [5, 5.41) is 0.496. The van der Waals surface area contributed by atoms with Crippen LogP contribution in [-0.4, -0.2) is 90.3 Å². The number of likely N-dealkylation sites (N-methyl/N-ethyl adjacent to an activating group) is 1. The molecule has 2 fully saturated rings. The predicted octanol–water partition coefficient (Wildman–Crippen LogP) is 4.00. The van der Waals surface area contributed by atoms with Gasteiger partial charge in [0.05, 0.1) is 0 Å². The smallest absolute Gasteiger partial charge is 0.254 e. The number of carbonyl (C=O) groups excluding carboxylic acids is 2. The molecule has 4 rings (SSSR count). The summed E-state index contributed by atoms with van der Waals surface area (Å²) in [4.78, 5) is 34.5. The minimum atomic E-state index is -0.238. The average Bonchev–Trinajstić information content (AvgIpc) is 3.35. The number of nitrogens with zero attached hydrogens (tertiary/aromatic N) is 4. The Balaban J connectivity index is 1.40. The molecule has 2 aliphatic heterocycles. The Morgan fingerprint density at radius 1 is 1.08 bits per heavy atom. The van der Waals surface area contributed by atoms with E-state index in [0.717, 1.165) is 31.6 Å². The van der Waals surface area contributed by atoms with E-state index >= 15 is 0 Å². The summed E-state index contributed by atoms with van der Waals surface area (Å²) >= 11 is 6.23. The molecule has 2 aliphatic rings. The molecule has 0 radical (unpaired) electrons. The summed E-state index contributed by atoms with van der Waals surface area (Å²) in [6.45, 7) is 6.24. The van der Waals surface area contributed by atoms with E-state index < -0.39 is 0 Å². The Morgan fingerprint density at radius 2 is 1.83 bits per heavy atom. The van der Waals surface area contributed by atoms with Crippen molar-refractivity contribution in [2.75, 3.05) is 46.8 Å². The number of hydrogen-bond acceptors (Lipinski definition) is 4. The van der Waals surface area contributed by atoms with Gasteiger partial charge in [-0.3, -0.25) is 14.5 Å². The van der Waals surface area contributed by atoms with E-state index in [1.54, 1.807) is 42.5 Å². The van der Waals surface area contributed by atoms with Gasteiger partial charge >= 0.3 is 0 Å². The molecule has 2 aromatic carbocycles. The monoisotopic (exact) mass is 512 g/mol. The van der Waals surface area contributed by atoms with Gasteiger partial charge in [0.1, 0.15) is 5.82 Å². The molecule has 0 spiro atoms. The van der Waals surface area contributed by atoms with Gasteiger partial charge in [-0.25, -0.2) is 4.39 Å². The van der Waals surface area contributed by atoms with Crippen LogP contribution in [0.4, 0.5) is 4.39 Å². The summed E-state index contributed by atoms with van der Waals surface area (Å²) < 4.78 is 13.2. The van der Waals surface area contributed by atoms with Crippen molar-refractivity contribution in [1.29, 1.82) is 0 Å². The Kier molecular flexibility index (Phi) is 8.44. The fraction of sp³-hybridized carbons (Fsp3) is 0.429. The van der Waals surface area contributed by atoms with Crippen molar-refractivity contribution >= 4 is 29.5 Å². The molecule has 2 saturated heterocycles. The second kappa shape index (κ2) is 11.5. The van der Waals surface area contributed by atoms with Gasteiger partial charge in [0.2, 0.25) is 5.91 Å². The van der Waals surface area contributed by atoms with Crippen LogP contribution in [0.15, 0.2) is 48.5 Å². The van der Waals surface area contributed by atoms with Gasteiger partial charge in [-0.1, -0.05) is 29.8 Å². The van der Waals surface area contributed by atoms with Gasteiger partial charge in [-0.15, -0.1) is 0 Å². The number of amides is 2. The highest BCUT2D eigenvalue weighted by molar-refractivity contribution is 6.31. The van der Waals surface area contributed by atoms with Crippen molar-refractivity contribution in [2.45, 2.75) is 32.0 Å². The lowest BCUT2D eigenvalue weighted by molar-refractivity contribution is -0.130. The zero-order valence-corrected chi connectivity index (χ0v) is 21.9. The van der Waals surface area contributed by atoms with Crippen molar-refractivity contribution in [1.82, 2.24) is 19.6 Å². The van der Waals surface area contributed by atoms with E-state index in [0.29, 0.717) is 41.8 Å². The topological polar surface area (TPSA) is 47.1 Å². The summed E-state index contributed by atoms with van der Waals surface area (Å²) in [6, 6.07) is 12.2. The van der Waals surface area contributed by atoms with Crippen molar-refractivity contribution in [2.24, 2.45) is 0 Å². The lowest BCUT2D eigenvalue weighted by Crippen LogP contribution is -2.53. The van der Waals surface area contributed by atoms with Crippen LogP contribution in [0.3, 0.4) is 0 Å². The third-order valence-electron chi connectivity index (χ3n) is 7.15. The molecule has 6 nitrogen and oxygen atoms in total. The van der Waals surface area contributed by atoms with E-state index in [1.807, 2.05) is 30.8 Å². The highest BCUT2D eigenvalue weighted by Gasteiger charge is 2.29. The second-order valence-corrected chi connectivity index (χ2v) is 10.4. The van der Waals surface area contributed by atoms with Crippen LogP contribution in [0.1, 0.15) is 34.8 Å². The molecule has 0 saturated carbocycles. The van der Waals surface area contributed by atoms with Gasteiger partial charge in [0.25, 0.3) is 5.91 Å². The maximum Gasteiger partial charge on any atom is 0.254 e. The lowest BCUT2D eigenvalue weighted by atomic mass is 10.1. The number of likely N-dealkylation sites (tertiary alicyclic amines) is 1. The highest BCUT2D eigenvalue weighted by atomic mass is 35.5. The number of hydrogen-bond donors (Lipinski definition) is 0. The van der Waals surface area contributed by atoms with Gasteiger partial charge < -0.3 is 14.7 Å². The van der Waals surface area contributed by atoms with Crippen LogP contribution in [0.25, 0.3) is 6.08 Å². The molecule has 0 N–H and O–H groups in total. The molecule has 2 atom stereocenters. The summed E-state index contributed by atoms with van der Waals surface area (Å²) in [5.41, 5.74) is 2.26. The number of benzene rings is 2. The van der Waals surface area contributed by atoms with Crippen LogP contribution >= 0.6 is 11.6 Å². The number of piperazine rings is 1. The first kappa shape index (κ1) is 26.3. The van der Waals surface area contributed by atoms with E-state index in [4.69, 9.17) is 11.6 Å². The van der Waals surface area contributed by atoms with Crippen LogP contribution in [0.2, 0.25) is 5.02 Å². The van der Waals surface area contributed by atoms with Gasteiger partial charge in [0.15, 0.2) is 0 Å². The fourth-order valence-electron chi connectivity index (χ4n) is 4.99. The molecule has 36 heavy (non-hydrogen) atoms. The standard InChI is InChI=1S/C28H34ClFN4O2/c1-20-17-32(18-21-4-9-24(30)10-5-21)14-15-34(20)27(35)11-7-22-6-8-23(29)16-26(22)28(36)33-13-12-25(19-33)31(2)3/h4-11,16,20,25H,12-15,17-19H2,1-3H3/t20-,25+/m1/s1. The fourth-order valence-corrected chi connectivity index (χ4v) is 5.16. The molecule has 0 bridgehead atoms. The van der Waals surface area contributed by atoms with E-state index in [9.17, 15) is 14.0 Å². The van der Waals surface area contributed by atoms with Gasteiger partial charge in [-0.05, 0) is 68.9 Å². The maximum atomic E-state index is 13.3. The van der Waals surface area contributed by atoms with Crippen molar-refractivity contribution in [3.8, 4) is 0 Å². The second-order valence-electron chi connectivity index (χ2n) is 9.96. The minimum absolute atomic E-state index is 0.0373.